The Bertz CT molecular complexity index is 1140. The molecule has 0 aromatic heterocycles. The van der Waals surface area contributed by atoms with E-state index >= 15 is 0 Å². The van der Waals surface area contributed by atoms with Crippen LogP contribution in [-0.4, -0.2) is 24.6 Å². The number of anilines is 1. The Balaban J connectivity index is 1.58. The third-order valence-corrected chi connectivity index (χ3v) is 5.73. The maximum atomic E-state index is 13.2. The summed E-state index contributed by atoms with van der Waals surface area (Å²) in [5.41, 5.74) is 2.16. The van der Waals surface area contributed by atoms with Crippen LogP contribution in [0.15, 0.2) is 66.7 Å². The van der Waals surface area contributed by atoms with E-state index in [0.717, 1.165) is 27.3 Å². The van der Waals surface area contributed by atoms with Gasteiger partial charge in [-0.3, -0.25) is 4.79 Å². The van der Waals surface area contributed by atoms with Crippen LogP contribution in [0.3, 0.4) is 0 Å². The number of imide groups is 1. The summed E-state index contributed by atoms with van der Waals surface area (Å²) in [6.07, 6.45) is 0.342. The molecule has 1 fully saturated rings. The molecule has 1 atom stereocenters. The Morgan fingerprint density at radius 3 is 2.26 bits per heavy atom. The van der Waals surface area contributed by atoms with E-state index in [-0.39, 0.29) is 5.91 Å². The second kappa shape index (κ2) is 8.25. The van der Waals surface area contributed by atoms with Crippen LogP contribution in [0.25, 0.3) is 11.1 Å². The standard InChI is InChI=1S/C24H20Cl2N2O3/c1-24(22(29)28(23(30)27-24)19-12-17(25)11-18(26)13-19)14-15-7-9-16(10-8-15)20-5-3-4-6-21(20)31-2/h3-13H,14H2,1-2H3,(H,27,30). The fraction of sp³-hybridized carbons (Fsp3) is 0.167. The lowest BCUT2D eigenvalue weighted by atomic mass is 9.91. The molecular weight excluding hydrogens is 435 g/mol. The number of nitrogens with zero attached hydrogens (tertiary/aromatic N) is 1. The highest BCUT2D eigenvalue weighted by Gasteiger charge is 2.48. The van der Waals surface area contributed by atoms with Crippen molar-refractivity contribution in [3.63, 3.8) is 0 Å². The first-order valence-electron chi connectivity index (χ1n) is 9.66. The fourth-order valence-electron chi connectivity index (χ4n) is 3.80. The summed E-state index contributed by atoms with van der Waals surface area (Å²) < 4.78 is 5.43. The van der Waals surface area contributed by atoms with Crippen LogP contribution in [0.1, 0.15) is 12.5 Å². The fourth-order valence-corrected chi connectivity index (χ4v) is 4.32. The van der Waals surface area contributed by atoms with Gasteiger partial charge in [0.15, 0.2) is 0 Å². The summed E-state index contributed by atoms with van der Waals surface area (Å²) in [5, 5.41) is 3.51. The van der Waals surface area contributed by atoms with Gasteiger partial charge in [-0.2, -0.15) is 0 Å². The van der Waals surface area contributed by atoms with Crippen LogP contribution in [0, 0.1) is 0 Å². The highest BCUT2D eigenvalue weighted by molar-refractivity contribution is 6.35. The first-order chi connectivity index (χ1) is 14.8. The minimum atomic E-state index is -1.09. The number of urea groups is 1. The van der Waals surface area contributed by atoms with E-state index in [4.69, 9.17) is 27.9 Å². The SMILES string of the molecule is COc1ccccc1-c1ccc(CC2(C)NC(=O)N(c3cc(Cl)cc(Cl)c3)C2=O)cc1. The largest absolute Gasteiger partial charge is 0.496 e. The lowest BCUT2D eigenvalue weighted by Crippen LogP contribution is -2.46. The van der Waals surface area contributed by atoms with Crippen molar-refractivity contribution in [2.24, 2.45) is 0 Å². The summed E-state index contributed by atoms with van der Waals surface area (Å²) in [7, 11) is 1.64. The normalized spacial score (nSPS) is 18.3. The van der Waals surface area contributed by atoms with Gasteiger partial charge in [0.05, 0.1) is 12.8 Å². The molecule has 31 heavy (non-hydrogen) atoms. The van der Waals surface area contributed by atoms with Gasteiger partial charge in [0, 0.05) is 22.0 Å². The third-order valence-electron chi connectivity index (χ3n) is 5.30. The number of rotatable bonds is 5. The van der Waals surface area contributed by atoms with Crippen molar-refractivity contribution in [1.29, 1.82) is 0 Å². The quantitative estimate of drug-likeness (QED) is 0.500. The van der Waals surface area contributed by atoms with Gasteiger partial charge >= 0.3 is 6.03 Å². The lowest BCUT2D eigenvalue weighted by Gasteiger charge is -2.22. The van der Waals surface area contributed by atoms with Crippen molar-refractivity contribution in [2.45, 2.75) is 18.9 Å². The van der Waals surface area contributed by atoms with Crippen LogP contribution in [0.2, 0.25) is 10.0 Å². The van der Waals surface area contributed by atoms with Crippen molar-refractivity contribution in [1.82, 2.24) is 5.32 Å². The minimum absolute atomic E-state index is 0.342. The number of ether oxygens (including phenoxy) is 1. The molecular formula is C24H20Cl2N2O3. The van der Waals surface area contributed by atoms with Crippen molar-refractivity contribution < 1.29 is 14.3 Å². The molecule has 1 aliphatic heterocycles. The summed E-state index contributed by atoms with van der Waals surface area (Å²) in [5.74, 6) is 0.431. The zero-order chi connectivity index (χ0) is 22.2. The monoisotopic (exact) mass is 454 g/mol. The summed E-state index contributed by atoms with van der Waals surface area (Å²) in [4.78, 5) is 26.9. The molecule has 3 amide bonds. The van der Waals surface area contributed by atoms with Crippen LogP contribution in [-0.2, 0) is 11.2 Å². The van der Waals surface area contributed by atoms with E-state index in [1.165, 1.54) is 0 Å². The molecule has 0 radical (unpaired) electrons. The smallest absolute Gasteiger partial charge is 0.329 e. The van der Waals surface area contributed by atoms with E-state index in [1.807, 2.05) is 48.5 Å². The average molecular weight is 455 g/mol. The highest BCUT2D eigenvalue weighted by atomic mass is 35.5. The molecule has 158 valence electrons. The number of nitrogens with one attached hydrogen (secondary N) is 1. The Kier molecular flexibility index (Phi) is 5.65. The van der Waals surface area contributed by atoms with E-state index in [9.17, 15) is 9.59 Å². The van der Waals surface area contributed by atoms with Crippen molar-refractivity contribution in [2.75, 3.05) is 12.0 Å². The number of para-hydroxylation sites is 1. The minimum Gasteiger partial charge on any atom is -0.496 e. The zero-order valence-corrected chi connectivity index (χ0v) is 18.5. The van der Waals surface area contributed by atoms with Gasteiger partial charge in [0.2, 0.25) is 0 Å². The van der Waals surface area contributed by atoms with Gasteiger partial charge in [-0.15, -0.1) is 0 Å². The summed E-state index contributed by atoms with van der Waals surface area (Å²) >= 11 is 12.1. The molecule has 0 bridgehead atoms. The van der Waals surface area contributed by atoms with Crippen LogP contribution >= 0.6 is 23.2 Å². The molecule has 0 spiro atoms. The predicted octanol–water partition coefficient (Wildman–Crippen LogP) is 5.73. The maximum absolute atomic E-state index is 13.2. The van der Waals surface area contributed by atoms with Gasteiger partial charge in [-0.1, -0.05) is 65.7 Å². The number of carbonyl (C=O) groups is 2. The molecule has 4 rings (SSSR count). The number of amides is 3. The highest BCUT2D eigenvalue weighted by Crippen LogP contribution is 2.33. The topological polar surface area (TPSA) is 58.6 Å². The molecule has 3 aromatic carbocycles. The number of methoxy groups -OCH3 is 1. The number of hydrogen-bond donors (Lipinski definition) is 1. The molecule has 1 heterocycles. The molecule has 0 saturated carbocycles. The van der Waals surface area contributed by atoms with Gasteiger partial charge in [-0.05, 0) is 42.3 Å². The Labute approximate surface area is 190 Å². The second-order valence-electron chi connectivity index (χ2n) is 7.60. The first-order valence-corrected chi connectivity index (χ1v) is 10.4. The van der Waals surface area contributed by atoms with Gasteiger partial charge in [-0.25, -0.2) is 9.69 Å². The van der Waals surface area contributed by atoms with Crippen molar-refractivity contribution >= 4 is 40.8 Å². The Hall–Kier alpha value is -3.02. The average Bonchev–Trinajstić information content (AvgIpc) is 2.95. The van der Waals surface area contributed by atoms with Crippen LogP contribution < -0.4 is 15.0 Å². The molecule has 1 N–H and O–H groups in total. The second-order valence-corrected chi connectivity index (χ2v) is 8.48. The van der Waals surface area contributed by atoms with E-state index in [0.29, 0.717) is 22.2 Å². The molecule has 1 saturated heterocycles. The van der Waals surface area contributed by atoms with E-state index in [2.05, 4.69) is 5.32 Å². The van der Waals surface area contributed by atoms with Crippen molar-refractivity contribution in [3.8, 4) is 16.9 Å². The molecule has 3 aromatic rings. The molecule has 0 aliphatic carbocycles. The van der Waals surface area contributed by atoms with E-state index < -0.39 is 11.6 Å². The number of benzene rings is 3. The maximum Gasteiger partial charge on any atom is 0.329 e. The Morgan fingerprint density at radius 1 is 0.968 bits per heavy atom. The number of halogens is 2. The van der Waals surface area contributed by atoms with Gasteiger partial charge in [0.1, 0.15) is 11.3 Å². The molecule has 1 aliphatic rings. The van der Waals surface area contributed by atoms with E-state index in [1.54, 1.807) is 32.2 Å². The first kappa shape index (κ1) is 21.2. The molecule has 1 unspecified atom stereocenters. The number of hydrogen-bond acceptors (Lipinski definition) is 3. The zero-order valence-electron chi connectivity index (χ0n) is 17.0. The number of carbonyl (C=O) groups excluding carboxylic acids is 2. The summed E-state index contributed by atoms with van der Waals surface area (Å²) in [6, 6.07) is 19.8. The van der Waals surface area contributed by atoms with Crippen LogP contribution in [0.5, 0.6) is 5.75 Å². The lowest BCUT2D eigenvalue weighted by molar-refractivity contribution is -0.121. The third kappa shape index (κ3) is 4.11. The molecule has 7 heteroatoms. The van der Waals surface area contributed by atoms with Gasteiger partial charge in [0.25, 0.3) is 5.91 Å². The van der Waals surface area contributed by atoms with Crippen LogP contribution in [0.4, 0.5) is 10.5 Å². The molecule has 5 nitrogen and oxygen atoms in total. The van der Waals surface area contributed by atoms with Gasteiger partial charge < -0.3 is 10.1 Å². The van der Waals surface area contributed by atoms with Crippen molar-refractivity contribution in [3.05, 3.63) is 82.3 Å². The Morgan fingerprint density at radius 2 is 1.61 bits per heavy atom. The summed E-state index contributed by atoms with van der Waals surface area (Å²) in [6.45, 7) is 1.72. The predicted molar refractivity (Wildman–Crippen MR) is 123 cm³/mol.